The largest absolute Gasteiger partial charge is 0.296 e. The summed E-state index contributed by atoms with van der Waals surface area (Å²) in [7, 11) is 1.88. The second-order valence-electron chi connectivity index (χ2n) is 5.18. The molecule has 0 spiro atoms. The van der Waals surface area contributed by atoms with E-state index in [9.17, 15) is 9.59 Å². The van der Waals surface area contributed by atoms with Gasteiger partial charge in [-0.3, -0.25) is 19.6 Å². The molecule has 1 N–H and O–H groups in total. The lowest BCUT2D eigenvalue weighted by Crippen LogP contribution is -2.44. The van der Waals surface area contributed by atoms with Crippen LogP contribution in [0.4, 0.5) is 0 Å². The molecular formula is C14H21N3O2. The van der Waals surface area contributed by atoms with Crippen molar-refractivity contribution in [1.82, 2.24) is 15.1 Å². The summed E-state index contributed by atoms with van der Waals surface area (Å²) in [4.78, 5) is 23.7. The molecule has 2 atom stereocenters. The van der Waals surface area contributed by atoms with Crippen molar-refractivity contribution in [3.63, 3.8) is 0 Å². The van der Waals surface area contributed by atoms with E-state index in [1.165, 1.54) is 0 Å². The maximum atomic E-state index is 12.0. The van der Waals surface area contributed by atoms with Crippen molar-refractivity contribution in [2.75, 3.05) is 0 Å². The Bertz CT molecular complexity index is 493. The molecule has 0 aromatic carbocycles. The van der Waals surface area contributed by atoms with Crippen LogP contribution in [-0.4, -0.2) is 21.6 Å². The van der Waals surface area contributed by atoms with E-state index in [-0.39, 0.29) is 23.7 Å². The lowest BCUT2D eigenvalue weighted by molar-refractivity contribution is -0.137. The number of piperidine rings is 1. The average Bonchev–Trinajstić information content (AvgIpc) is 2.73. The van der Waals surface area contributed by atoms with E-state index >= 15 is 0 Å². The van der Waals surface area contributed by atoms with Gasteiger partial charge in [-0.15, -0.1) is 0 Å². The maximum Gasteiger partial charge on any atom is 0.230 e. The van der Waals surface area contributed by atoms with Gasteiger partial charge >= 0.3 is 0 Å². The lowest BCUT2D eigenvalue weighted by atomic mass is 9.78. The predicted molar refractivity (Wildman–Crippen MR) is 71.5 cm³/mol. The van der Waals surface area contributed by atoms with Crippen LogP contribution in [0.25, 0.3) is 0 Å². The zero-order chi connectivity index (χ0) is 14.0. The van der Waals surface area contributed by atoms with Gasteiger partial charge in [-0.05, 0) is 18.4 Å². The van der Waals surface area contributed by atoms with Gasteiger partial charge in [0.1, 0.15) is 0 Å². The Kier molecular flexibility index (Phi) is 4.02. The van der Waals surface area contributed by atoms with Gasteiger partial charge in [0.05, 0.1) is 5.69 Å². The van der Waals surface area contributed by atoms with Crippen LogP contribution in [-0.2, 0) is 23.1 Å². The highest BCUT2D eigenvalue weighted by atomic mass is 16.2. The molecule has 0 aliphatic carbocycles. The normalized spacial score (nSPS) is 23.5. The van der Waals surface area contributed by atoms with Crippen LogP contribution in [0.5, 0.6) is 0 Å². The summed E-state index contributed by atoms with van der Waals surface area (Å²) < 4.78 is 1.77. The predicted octanol–water partition coefficient (Wildman–Crippen LogP) is 1.53. The third kappa shape index (κ3) is 2.69. The van der Waals surface area contributed by atoms with Gasteiger partial charge in [-0.1, -0.05) is 20.3 Å². The standard InChI is InChI=1S/C14H21N3O2/c1-4-6-9-10(7-13(18)15-14(9)19)11-8-17(3)16-12(11)5-2/h8-10H,4-7H2,1-3H3,(H,15,18,19). The first kappa shape index (κ1) is 13.8. The molecule has 5 nitrogen and oxygen atoms in total. The Morgan fingerprint density at radius 2 is 2.16 bits per heavy atom. The third-order valence-electron chi connectivity index (χ3n) is 3.76. The number of amides is 2. The first-order chi connectivity index (χ1) is 9.06. The molecular weight excluding hydrogens is 242 g/mol. The first-order valence-corrected chi connectivity index (χ1v) is 6.92. The number of hydrogen-bond acceptors (Lipinski definition) is 3. The Balaban J connectivity index is 2.37. The highest BCUT2D eigenvalue weighted by molar-refractivity contribution is 5.99. The van der Waals surface area contributed by atoms with Crippen molar-refractivity contribution in [3.8, 4) is 0 Å². The maximum absolute atomic E-state index is 12.0. The number of aryl methyl sites for hydroxylation is 2. The van der Waals surface area contributed by atoms with Crippen molar-refractivity contribution < 1.29 is 9.59 Å². The zero-order valence-corrected chi connectivity index (χ0v) is 11.8. The van der Waals surface area contributed by atoms with Crippen LogP contribution in [0.2, 0.25) is 0 Å². The van der Waals surface area contributed by atoms with Crippen molar-refractivity contribution in [2.45, 2.75) is 45.4 Å². The van der Waals surface area contributed by atoms with Gasteiger partial charge in [-0.2, -0.15) is 5.10 Å². The topological polar surface area (TPSA) is 64.0 Å². The molecule has 19 heavy (non-hydrogen) atoms. The third-order valence-corrected chi connectivity index (χ3v) is 3.76. The van der Waals surface area contributed by atoms with Crippen LogP contribution in [0.1, 0.15) is 50.3 Å². The van der Waals surface area contributed by atoms with E-state index < -0.39 is 0 Å². The first-order valence-electron chi connectivity index (χ1n) is 6.92. The van der Waals surface area contributed by atoms with Crippen molar-refractivity contribution >= 4 is 11.8 Å². The summed E-state index contributed by atoms with van der Waals surface area (Å²) in [6.45, 7) is 4.11. The number of nitrogens with one attached hydrogen (secondary N) is 1. The molecule has 1 aromatic heterocycles. The number of imide groups is 1. The Hall–Kier alpha value is -1.65. The minimum Gasteiger partial charge on any atom is -0.296 e. The fourth-order valence-electron chi connectivity index (χ4n) is 2.91. The quantitative estimate of drug-likeness (QED) is 0.838. The van der Waals surface area contributed by atoms with Gasteiger partial charge in [0.2, 0.25) is 11.8 Å². The molecule has 2 heterocycles. The number of aromatic nitrogens is 2. The Morgan fingerprint density at radius 3 is 2.79 bits per heavy atom. The fourth-order valence-corrected chi connectivity index (χ4v) is 2.91. The van der Waals surface area contributed by atoms with E-state index in [0.29, 0.717) is 6.42 Å². The molecule has 1 saturated heterocycles. The number of rotatable bonds is 4. The van der Waals surface area contributed by atoms with E-state index in [1.54, 1.807) is 4.68 Å². The molecule has 5 heteroatoms. The monoisotopic (exact) mass is 263 g/mol. The molecule has 1 fully saturated rings. The molecule has 0 saturated carbocycles. The lowest BCUT2D eigenvalue weighted by Gasteiger charge is -2.29. The summed E-state index contributed by atoms with van der Waals surface area (Å²) in [5.74, 6) is -0.440. The number of hydrogen-bond donors (Lipinski definition) is 1. The van der Waals surface area contributed by atoms with Gasteiger partial charge in [0.25, 0.3) is 0 Å². The fraction of sp³-hybridized carbons (Fsp3) is 0.643. The van der Waals surface area contributed by atoms with Crippen LogP contribution in [0, 0.1) is 5.92 Å². The van der Waals surface area contributed by atoms with Gasteiger partial charge < -0.3 is 0 Å². The van der Waals surface area contributed by atoms with E-state index in [4.69, 9.17) is 0 Å². The molecule has 2 rings (SSSR count). The number of nitrogens with zero attached hydrogens (tertiary/aromatic N) is 2. The summed E-state index contributed by atoms with van der Waals surface area (Å²) in [6.07, 6.45) is 4.90. The highest BCUT2D eigenvalue weighted by Gasteiger charge is 2.37. The molecule has 2 unspecified atom stereocenters. The smallest absolute Gasteiger partial charge is 0.230 e. The number of carbonyl (C=O) groups excluding carboxylic acids is 2. The summed E-state index contributed by atoms with van der Waals surface area (Å²) >= 11 is 0. The zero-order valence-electron chi connectivity index (χ0n) is 11.8. The highest BCUT2D eigenvalue weighted by Crippen LogP contribution is 2.35. The summed E-state index contributed by atoms with van der Waals surface area (Å²) in [5, 5.41) is 6.88. The second-order valence-corrected chi connectivity index (χ2v) is 5.18. The van der Waals surface area contributed by atoms with Crippen LogP contribution < -0.4 is 5.32 Å². The summed E-state index contributed by atoms with van der Waals surface area (Å²) in [6, 6.07) is 0. The Labute approximate surface area is 113 Å². The molecule has 0 bridgehead atoms. The molecule has 0 radical (unpaired) electrons. The van der Waals surface area contributed by atoms with Crippen molar-refractivity contribution in [3.05, 3.63) is 17.5 Å². The average molecular weight is 263 g/mol. The minimum absolute atomic E-state index is 0.0233. The van der Waals surface area contributed by atoms with Crippen molar-refractivity contribution in [2.24, 2.45) is 13.0 Å². The van der Waals surface area contributed by atoms with E-state index in [1.807, 2.05) is 20.2 Å². The molecule has 1 aromatic rings. The Morgan fingerprint density at radius 1 is 1.42 bits per heavy atom. The van der Waals surface area contributed by atoms with E-state index in [2.05, 4.69) is 17.3 Å². The van der Waals surface area contributed by atoms with Gasteiger partial charge in [-0.25, -0.2) is 0 Å². The number of carbonyl (C=O) groups is 2. The molecule has 1 aliphatic heterocycles. The SMILES string of the molecule is CCCC1C(=O)NC(=O)CC1c1cn(C)nc1CC. The second kappa shape index (κ2) is 5.55. The molecule has 1 aliphatic rings. The van der Waals surface area contributed by atoms with Crippen molar-refractivity contribution in [1.29, 1.82) is 0 Å². The molecule has 104 valence electrons. The van der Waals surface area contributed by atoms with Gasteiger partial charge in [0, 0.05) is 31.5 Å². The van der Waals surface area contributed by atoms with Crippen LogP contribution >= 0.6 is 0 Å². The van der Waals surface area contributed by atoms with Crippen LogP contribution in [0.3, 0.4) is 0 Å². The van der Waals surface area contributed by atoms with Gasteiger partial charge in [0.15, 0.2) is 0 Å². The minimum atomic E-state index is -0.173. The summed E-state index contributed by atoms with van der Waals surface area (Å²) in [5.41, 5.74) is 2.06. The van der Waals surface area contributed by atoms with Crippen LogP contribution in [0.15, 0.2) is 6.20 Å². The van der Waals surface area contributed by atoms with E-state index in [0.717, 1.165) is 30.5 Å². The molecule has 2 amide bonds.